The molecule has 0 spiro atoms. The third kappa shape index (κ3) is 6.70. The van der Waals surface area contributed by atoms with Gasteiger partial charge in [-0.3, -0.25) is 4.39 Å². The molecule has 0 amide bonds. The van der Waals surface area contributed by atoms with E-state index in [0.717, 1.165) is 35.8 Å². The Bertz CT molecular complexity index is 855. The van der Waals surface area contributed by atoms with Gasteiger partial charge in [-0.1, -0.05) is 75.4 Å². The van der Waals surface area contributed by atoms with Crippen LogP contribution in [0, 0.1) is 17.7 Å². The summed E-state index contributed by atoms with van der Waals surface area (Å²) in [5.41, 5.74) is 4.29. The quantitative estimate of drug-likeness (QED) is 0.305. The van der Waals surface area contributed by atoms with Crippen LogP contribution in [0.25, 0.3) is 11.1 Å². The highest BCUT2D eigenvalue weighted by atomic mass is 19.1. The van der Waals surface area contributed by atoms with Gasteiger partial charge in [-0.25, -0.2) is 4.39 Å². The van der Waals surface area contributed by atoms with Crippen molar-refractivity contribution in [1.82, 2.24) is 0 Å². The van der Waals surface area contributed by atoms with Gasteiger partial charge in [-0.15, -0.1) is 0 Å². The molecule has 0 bridgehead atoms. The first-order valence-corrected chi connectivity index (χ1v) is 14.1. The lowest BCUT2D eigenvalue weighted by atomic mass is 9.76. The predicted molar refractivity (Wildman–Crippen MR) is 141 cm³/mol. The molecule has 2 aromatic carbocycles. The average Bonchev–Trinajstić information content (AvgIpc) is 2.88. The van der Waals surface area contributed by atoms with Gasteiger partial charge in [0.1, 0.15) is 5.82 Å². The number of halogens is 2. The number of rotatable bonds is 10. The Kier molecular flexibility index (Phi) is 9.59. The molecule has 2 aliphatic rings. The van der Waals surface area contributed by atoms with E-state index < -0.39 is 0 Å². The second-order valence-electron chi connectivity index (χ2n) is 11.1. The Morgan fingerprint density at radius 2 is 1.24 bits per heavy atom. The van der Waals surface area contributed by atoms with Gasteiger partial charge >= 0.3 is 0 Å². The molecule has 0 atom stereocenters. The van der Waals surface area contributed by atoms with Gasteiger partial charge in [0.05, 0.1) is 6.67 Å². The molecule has 0 N–H and O–H groups in total. The van der Waals surface area contributed by atoms with Crippen LogP contribution in [0.4, 0.5) is 8.78 Å². The van der Waals surface area contributed by atoms with Crippen LogP contribution in [0.2, 0.25) is 0 Å². The summed E-state index contributed by atoms with van der Waals surface area (Å²) in [6.45, 7) is 2.10. The Morgan fingerprint density at radius 3 is 1.79 bits per heavy atom. The summed E-state index contributed by atoms with van der Waals surface area (Å²) in [6.07, 6.45) is 16.9. The van der Waals surface area contributed by atoms with Crippen LogP contribution < -0.4 is 0 Å². The Labute approximate surface area is 206 Å². The molecular weight excluding hydrogens is 422 g/mol. The van der Waals surface area contributed by atoms with E-state index in [0.29, 0.717) is 11.8 Å². The normalized spacial score (nSPS) is 25.4. The van der Waals surface area contributed by atoms with Crippen LogP contribution in [0.5, 0.6) is 0 Å². The zero-order chi connectivity index (χ0) is 23.8. The summed E-state index contributed by atoms with van der Waals surface area (Å²) in [5.74, 6) is 2.73. The van der Waals surface area contributed by atoms with E-state index in [1.807, 2.05) is 12.1 Å². The lowest BCUT2D eigenvalue weighted by molar-refractivity contribution is 0.298. The molecule has 0 saturated heterocycles. The molecule has 186 valence electrons. The van der Waals surface area contributed by atoms with Gasteiger partial charge in [0.15, 0.2) is 0 Å². The summed E-state index contributed by atoms with van der Waals surface area (Å²) in [5, 5.41) is 0. The fourth-order valence-electron chi connectivity index (χ4n) is 6.54. The van der Waals surface area contributed by atoms with E-state index in [2.05, 4.69) is 37.3 Å². The molecule has 4 rings (SSSR count). The molecule has 2 aromatic rings. The van der Waals surface area contributed by atoms with Gasteiger partial charge in [-0.2, -0.15) is 0 Å². The Morgan fingerprint density at radius 1 is 0.676 bits per heavy atom. The molecule has 2 saturated carbocycles. The predicted octanol–water partition coefficient (Wildman–Crippen LogP) is 10.4. The number of hydrogen-bond donors (Lipinski definition) is 0. The van der Waals surface area contributed by atoms with E-state index >= 15 is 4.39 Å². The monoisotopic (exact) mass is 466 g/mol. The minimum absolute atomic E-state index is 0.0767. The zero-order valence-corrected chi connectivity index (χ0v) is 21.2. The van der Waals surface area contributed by atoms with Crippen molar-refractivity contribution in [3.05, 3.63) is 59.4 Å². The van der Waals surface area contributed by atoms with Crippen LogP contribution in [-0.4, -0.2) is 6.67 Å². The number of unbranched alkanes of at least 4 members (excludes halogenated alkanes) is 2. The molecule has 2 fully saturated rings. The first kappa shape index (κ1) is 25.4. The second-order valence-corrected chi connectivity index (χ2v) is 11.1. The van der Waals surface area contributed by atoms with Crippen LogP contribution in [0.1, 0.15) is 120 Å². The van der Waals surface area contributed by atoms with E-state index in [9.17, 15) is 4.39 Å². The molecular formula is C32H44F2. The standard InChI is InChI=1S/C32H44F2/c1-2-3-6-24-10-14-28(15-11-24)30-20-21-31(32(34)23-30)29-18-16-27(17-19-29)26-12-8-25(9-13-26)7-4-5-22-33/h16-21,23-26,28H,2-15,22H2,1H3/t24-,25-,26-,28-. The summed E-state index contributed by atoms with van der Waals surface area (Å²) >= 11 is 0. The Balaban J connectivity index is 1.32. The molecule has 0 heterocycles. The summed E-state index contributed by atoms with van der Waals surface area (Å²) in [6, 6.07) is 14.6. The molecule has 0 aromatic heterocycles. The largest absolute Gasteiger partial charge is 0.251 e. The SMILES string of the molecule is CCCC[C@H]1CC[C@H](c2ccc(-c3ccc([C@H]4CC[C@H](CCCCF)CC4)cc3)c(F)c2)CC1. The van der Waals surface area contributed by atoms with Gasteiger partial charge in [0.2, 0.25) is 0 Å². The van der Waals surface area contributed by atoms with Gasteiger partial charge in [0.25, 0.3) is 0 Å². The maximum Gasteiger partial charge on any atom is 0.131 e. The second kappa shape index (κ2) is 12.8. The molecule has 0 radical (unpaired) electrons. The van der Waals surface area contributed by atoms with Crippen LogP contribution in [-0.2, 0) is 0 Å². The zero-order valence-electron chi connectivity index (χ0n) is 21.2. The Hall–Kier alpha value is -1.70. The molecule has 0 unspecified atom stereocenters. The van der Waals surface area contributed by atoms with Crippen LogP contribution in [0.15, 0.2) is 42.5 Å². The molecule has 2 aliphatic carbocycles. The van der Waals surface area contributed by atoms with Crippen molar-refractivity contribution in [2.45, 2.75) is 109 Å². The third-order valence-electron chi connectivity index (χ3n) is 8.81. The van der Waals surface area contributed by atoms with Gasteiger partial charge < -0.3 is 0 Å². The van der Waals surface area contributed by atoms with E-state index in [1.165, 1.54) is 88.2 Å². The van der Waals surface area contributed by atoms with Crippen molar-refractivity contribution in [2.24, 2.45) is 11.8 Å². The van der Waals surface area contributed by atoms with Gasteiger partial charge in [0, 0.05) is 5.56 Å². The van der Waals surface area contributed by atoms with E-state index in [-0.39, 0.29) is 12.5 Å². The van der Waals surface area contributed by atoms with Crippen molar-refractivity contribution in [3.8, 4) is 11.1 Å². The molecule has 34 heavy (non-hydrogen) atoms. The summed E-state index contributed by atoms with van der Waals surface area (Å²) in [7, 11) is 0. The number of alkyl halides is 1. The topological polar surface area (TPSA) is 0 Å². The highest BCUT2D eigenvalue weighted by Crippen LogP contribution is 2.40. The van der Waals surface area contributed by atoms with Crippen molar-refractivity contribution in [1.29, 1.82) is 0 Å². The van der Waals surface area contributed by atoms with E-state index in [1.54, 1.807) is 0 Å². The summed E-state index contributed by atoms with van der Waals surface area (Å²) in [4.78, 5) is 0. The molecule has 0 aliphatic heterocycles. The van der Waals surface area contributed by atoms with Crippen LogP contribution in [0.3, 0.4) is 0 Å². The minimum Gasteiger partial charge on any atom is -0.251 e. The molecule has 0 nitrogen and oxygen atoms in total. The highest BCUT2D eigenvalue weighted by molar-refractivity contribution is 5.65. The smallest absolute Gasteiger partial charge is 0.131 e. The fraction of sp³-hybridized carbons (Fsp3) is 0.625. The van der Waals surface area contributed by atoms with Gasteiger partial charge in [-0.05, 0) is 104 Å². The number of hydrogen-bond acceptors (Lipinski definition) is 0. The maximum atomic E-state index is 15.1. The van der Waals surface area contributed by atoms with Crippen LogP contribution >= 0.6 is 0 Å². The first-order chi connectivity index (χ1) is 16.7. The van der Waals surface area contributed by atoms with Crippen molar-refractivity contribution in [2.75, 3.05) is 6.67 Å². The highest BCUT2D eigenvalue weighted by Gasteiger charge is 2.24. The van der Waals surface area contributed by atoms with Crippen molar-refractivity contribution < 1.29 is 8.78 Å². The number of benzene rings is 2. The molecule has 2 heteroatoms. The fourth-order valence-corrected chi connectivity index (χ4v) is 6.54. The lowest BCUT2D eigenvalue weighted by Crippen LogP contribution is -2.13. The summed E-state index contributed by atoms with van der Waals surface area (Å²) < 4.78 is 27.5. The van der Waals surface area contributed by atoms with E-state index in [4.69, 9.17) is 0 Å². The first-order valence-electron chi connectivity index (χ1n) is 14.1. The lowest BCUT2D eigenvalue weighted by Gasteiger charge is -2.29. The van der Waals surface area contributed by atoms with Crippen molar-refractivity contribution >= 4 is 0 Å². The minimum atomic E-state index is -0.175. The van der Waals surface area contributed by atoms with Crippen molar-refractivity contribution in [3.63, 3.8) is 0 Å². The third-order valence-corrected chi connectivity index (χ3v) is 8.81. The maximum absolute atomic E-state index is 15.1. The average molecular weight is 467 g/mol.